The minimum Gasteiger partial charge on any atom is -0.337 e. The summed E-state index contributed by atoms with van der Waals surface area (Å²) >= 11 is 0. The second-order valence-corrected chi connectivity index (χ2v) is 5.03. The minimum atomic E-state index is -0.252. The van der Waals surface area contributed by atoms with E-state index in [1.54, 1.807) is 23.2 Å². The highest BCUT2D eigenvalue weighted by atomic mass is 16.2. The molecule has 1 aliphatic heterocycles. The number of aromatic nitrogens is 3. The number of nitrogens with one attached hydrogen (secondary N) is 2. The number of carbonyl (C=O) groups excluding carboxylic acids is 1. The van der Waals surface area contributed by atoms with Crippen molar-refractivity contribution in [2.75, 3.05) is 13.1 Å². The van der Waals surface area contributed by atoms with Gasteiger partial charge in [-0.05, 0) is 25.0 Å². The van der Waals surface area contributed by atoms with Crippen LogP contribution >= 0.6 is 0 Å². The molecule has 1 atom stereocenters. The molecule has 2 N–H and O–H groups in total. The smallest absolute Gasteiger partial charge is 0.270 e. The molecule has 0 aliphatic carbocycles. The molecule has 2 aromatic rings. The zero-order valence-electron chi connectivity index (χ0n) is 11.0. The molecule has 1 fully saturated rings. The lowest BCUT2D eigenvalue weighted by Gasteiger charge is -2.32. The SMILES string of the molecule is O=C(c1cccc(=O)[nH]1)N1CCC[C@@H](c2ccn[nH]2)C1. The predicted octanol–water partition coefficient (Wildman–Crippen LogP) is 1.12. The van der Waals surface area contributed by atoms with E-state index >= 15 is 0 Å². The molecule has 0 unspecified atom stereocenters. The number of hydrogen-bond acceptors (Lipinski definition) is 3. The number of piperidine rings is 1. The molecule has 0 aromatic carbocycles. The van der Waals surface area contributed by atoms with Crippen LogP contribution in [-0.2, 0) is 0 Å². The molecule has 20 heavy (non-hydrogen) atoms. The summed E-state index contributed by atoms with van der Waals surface area (Å²) in [5.74, 6) is 0.164. The van der Waals surface area contributed by atoms with Crippen LogP contribution in [0.2, 0.25) is 0 Å². The van der Waals surface area contributed by atoms with Gasteiger partial charge in [0, 0.05) is 37.0 Å². The second kappa shape index (κ2) is 5.32. The molecular weight excluding hydrogens is 256 g/mol. The fourth-order valence-electron chi connectivity index (χ4n) is 2.65. The Labute approximate surface area is 115 Å². The third-order valence-corrected chi connectivity index (χ3v) is 3.67. The van der Waals surface area contributed by atoms with E-state index in [1.807, 2.05) is 6.07 Å². The molecule has 3 heterocycles. The molecule has 6 nitrogen and oxygen atoms in total. The first-order valence-electron chi connectivity index (χ1n) is 6.72. The summed E-state index contributed by atoms with van der Waals surface area (Å²) in [5, 5.41) is 6.93. The molecule has 0 radical (unpaired) electrons. The fourth-order valence-corrected chi connectivity index (χ4v) is 2.65. The number of aromatic amines is 2. The Hall–Kier alpha value is -2.37. The van der Waals surface area contributed by atoms with Crippen LogP contribution in [0.15, 0.2) is 35.3 Å². The summed E-state index contributed by atoms with van der Waals surface area (Å²) in [6.45, 7) is 1.37. The van der Waals surface area contributed by atoms with Gasteiger partial charge in [-0.25, -0.2) is 0 Å². The van der Waals surface area contributed by atoms with Crippen molar-refractivity contribution < 1.29 is 4.79 Å². The van der Waals surface area contributed by atoms with E-state index < -0.39 is 0 Å². The highest BCUT2D eigenvalue weighted by Gasteiger charge is 2.26. The lowest BCUT2D eigenvalue weighted by atomic mass is 9.95. The summed E-state index contributed by atoms with van der Waals surface area (Å²) in [6, 6.07) is 6.59. The van der Waals surface area contributed by atoms with E-state index in [9.17, 15) is 9.59 Å². The normalized spacial score (nSPS) is 19.0. The van der Waals surface area contributed by atoms with E-state index in [-0.39, 0.29) is 17.4 Å². The van der Waals surface area contributed by atoms with Crippen molar-refractivity contribution in [1.29, 1.82) is 0 Å². The molecule has 3 rings (SSSR count). The van der Waals surface area contributed by atoms with Crippen molar-refractivity contribution in [2.24, 2.45) is 0 Å². The number of pyridine rings is 1. The number of carbonyl (C=O) groups is 1. The molecule has 1 amide bonds. The second-order valence-electron chi connectivity index (χ2n) is 5.03. The number of hydrogen-bond donors (Lipinski definition) is 2. The fraction of sp³-hybridized carbons (Fsp3) is 0.357. The van der Waals surface area contributed by atoms with Crippen molar-refractivity contribution in [3.05, 3.63) is 52.2 Å². The molecule has 6 heteroatoms. The maximum absolute atomic E-state index is 12.4. The Bertz CT molecular complexity index is 647. The summed E-state index contributed by atoms with van der Waals surface area (Å²) < 4.78 is 0. The number of rotatable bonds is 2. The van der Waals surface area contributed by atoms with Crippen LogP contribution in [0.25, 0.3) is 0 Å². The van der Waals surface area contributed by atoms with E-state index in [1.165, 1.54) is 6.07 Å². The highest BCUT2D eigenvalue weighted by Crippen LogP contribution is 2.25. The largest absolute Gasteiger partial charge is 0.337 e. The van der Waals surface area contributed by atoms with Gasteiger partial charge in [0.25, 0.3) is 5.91 Å². The van der Waals surface area contributed by atoms with Crippen LogP contribution in [0.1, 0.15) is 34.9 Å². The highest BCUT2D eigenvalue weighted by molar-refractivity contribution is 5.92. The van der Waals surface area contributed by atoms with Crippen molar-refractivity contribution >= 4 is 5.91 Å². The molecule has 0 saturated carbocycles. The summed E-state index contributed by atoms with van der Waals surface area (Å²) in [7, 11) is 0. The van der Waals surface area contributed by atoms with E-state index in [2.05, 4.69) is 15.2 Å². The Kier molecular flexibility index (Phi) is 3.37. The molecule has 2 aromatic heterocycles. The van der Waals surface area contributed by atoms with Gasteiger partial charge in [0.15, 0.2) is 0 Å². The van der Waals surface area contributed by atoms with Gasteiger partial charge in [-0.2, -0.15) is 5.10 Å². The monoisotopic (exact) mass is 272 g/mol. The van der Waals surface area contributed by atoms with E-state index in [0.717, 1.165) is 25.1 Å². The average Bonchev–Trinajstić information content (AvgIpc) is 3.01. The van der Waals surface area contributed by atoms with Crippen molar-refractivity contribution in [2.45, 2.75) is 18.8 Å². The van der Waals surface area contributed by atoms with Gasteiger partial charge in [-0.3, -0.25) is 14.7 Å². The van der Waals surface area contributed by atoms with Gasteiger partial charge in [0.05, 0.1) is 0 Å². The quantitative estimate of drug-likeness (QED) is 0.859. The molecule has 1 aliphatic rings. The summed E-state index contributed by atoms with van der Waals surface area (Å²) in [4.78, 5) is 28.1. The van der Waals surface area contributed by atoms with Crippen molar-refractivity contribution in [3.8, 4) is 0 Å². The van der Waals surface area contributed by atoms with Crippen molar-refractivity contribution in [1.82, 2.24) is 20.1 Å². The van der Waals surface area contributed by atoms with Gasteiger partial charge in [0.2, 0.25) is 5.56 Å². The first-order chi connectivity index (χ1) is 9.74. The van der Waals surface area contributed by atoms with Crippen LogP contribution in [0.3, 0.4) is 0 Å². The van der Waals surface area contributed by atoms with Crippen LogP contribution in [-0.4, -0.2) is 39.1 Å². The van der Waals surface area contributed by atoms with Crippen LogP contribution < -0.4 is 5.56 Å². The Morgan fingerprint density at radius 3 is 3.00 bits per heavy atom. The zero-order valence-corrected chi connectivity index (χ0v) is 11.0. The van der Waals surface area contributed by atoms with Gasteiger partial charge in [-0.15, -0.1) is 0 Å². The lowest BCUT2D eigenvalue weighted by molar-refractivity contribution is 0.0699. The maximum Gasteiger partial charge on any atom is 0.270 e. The third-order valence-electron chi connectivity index (χ3n) is 3.67. The first-order valence-corrected chi connectivity index (χ1v) is 6.72. The van der Waals surface area contributed by atoms with Crippen LogP contribution in [0, 0.1) is 0 Å². The zero-order chi connectivity index (χ0) is 13.9. The molecule has 1 saturated heterocycles. The number of amides is 1. The molecule has 0 spiro atoms. The summed E-state index contributed by atoms with van der Waals surface area (Å²) in [5.41, 5.74) is 1.16. The number of H-pyrrole nitrogens is 2. The lowest BCUT2D eigenvalue weighted by Crippen LogP contribution is -2.40. The minimum absolute atomic E-state index is 0.119. The first kappa shape index (κ1) is 12.7. The molecule has 0 bridgehead atoms. The number of nitrogens with zero attached hydrogens (tertiary/aromatic N) is 2. The Balaban J connectivity index is 1.77. The topological polar surface area (TPSA) is 81.8 Å². The Morgan fingerprint density at radius 2 is 2.25 bits per heavy atom. The summed E-state index contributed by atoms with van der Waals surface area (Å²) in [6.07, 6.45) is 3.72. The standard InChI is InChI=1S/C14H16N4O2/c19-13-5-1-4-12(16-13)14(20)18-8-2-3-10(9-18)11-6-7-15-17-11/h1,4-7,10H,2-3,8-9H2,(H,15,17)(H,16,19)/t10-/m1/s1. The Morgan fingerprint density at radius 1 is 1.35 bits per heavy atom. The van der Waals surface area contributed by atoms with Crippen LogP contribution in [0.5, 0.6) is 0 Å². The van der Waals surface area contributed by atoms with Gasteiger partial charge in [0.1, 0.15) is 5.69 Å². The van der Waals surface area contributed by atoms with Gasteiger partial charge >= 0.3 is 0 Å². The third kappa shape index (κ3) is 2.49. The van der Waals surface area contributed by atoms with E-state index in [0.29, 0.717) is 12.2 Å². The average molecular weight is 272 g/mol. The predicted molar refractivity (Wildman–Crippen MR) is 73.5 cm³/mol. The van der Waals surface area contributed by atoms with Gasteiger partial charge in [-0.1, -0.05) is 6.07 Å². The van der Waals surface area contributed by atoms with Crippen molar-refractivity contribution in [3.63, 3.8) is 0 Å². The number of likely N-dealkylation sites (tertiary alicyclic amines) is 1. The van der Waals surface area contributed by atoms with Gasteiger partial charge < -0.3 is 9.88 Å². The molecular formula is C14H16N4O2. The maximum atomic E-state index is 12.4. The van der Waals surface area contributed by atoms with Crippen LogP contribution in [0.4, 0.5) is 0 Å². The molecule has 104 valence electrons. The van der Waals surface area contributed by atoms with E-state index in [4.69, 9.17) is 0 Å².